The molecule has 2 N–H and O–H groups in total. The van der Waals surface area contributed by atoms with Crippen LogP contribution in [0.5, 0.6) is 0 Å². The molecule has 5 fully saturated rings. The van der Waals surface area contributed by atoms with E-state index in [9.17, 15) is 14.4 Å². The Kier molecular flexibility index (Phi) is 11.5. The van der Waals surface area contributed by atoms with Crippen molar-refractivity contribution in [1.82, 2.24) is 19.8 Å². The number of allylic oxidation sites excluding steroid dienone is 2. The summed E-state index contributed by atoms with van der Waals surface area (Å²) in [6.45, 7) is 19.7. The molecule has 4 heterocycles. The normalized spacial score (nSPS) is 23.2. The number of hydrogen-bond donors (Lipinski definition) is 1. The van der Waals surface area contributed by atoms with Crippen molar-refractivity contribution in [3.05, 3.63) is 35.7 Å². The van der Waals surface area contributed by atoms with Gasteiger partial charge in [0, 0.05) is 69.6 Å². The lowest BCUT2D eigenvalue weighted by atomic mass is 9.78. The van der Waals surface area contributed by atoms with E-state index in [1.165, 1.54) is 0 Å². The molecule has 14 heteroatoms. The predicted molar refractivity (Wildman–Crippen MR) is 205 cm³/mol. The summed E-state index contributed by atoms with van der Waals surface area (Å²) in [6.07, 6.45) is 7.94. The summed E-state index contributed by atoms with van der Waals surface area (Å²) in [5.41, 5.74) is 6.71. The lowest BCUT2D eigenvalue weighted by Crippen LogP contribution is -2.58. The summed E-state index contributed by atoms with van der Waals surface area (Å²) in [5.74, 6) is -0.290. The Morgan fingerprint density at radius 1 is 0.889 bits per heavy atom. The molecule has 0 aromatic carbocycles. The lowest BCUT2D eigenvalue weighted by Gasteiger charge is -2.43. The first kappa shape index (κ1) is 39.8. The summed E-state index contributed by atoms with van der Waals surface area (Å²) >= 11 is 0. The van der Waals surface area contributed by atoms with Crippen molar-refractivity contribution in [2.75, 3.05) is 68.8 Å². The molecule has 0 radical (unpaired) electrons. The van der Waals surface area contributed by atoms with Crippen LogP contribution in [0, 0.1) is 5.92 Å². The van der Waals surface area contributed by atoms with Gasteiger partial charge in [-0.25, -0.2) is 14.6 Å². The van der Waals surface area contributed by atoms with Crippen LogP contribution in [0.1, 0.15) is 110 Å². The van der Waals surface area contributed by atoms with Crippen molar-refractivity contribution < 1.29 is 33.3 Å². The molecule has 2 saturated carbocycles. The number of carbonyl (C=O) groups is 3. The van der Waals surface area contributed by atoms with Crippen LogP contribution in [-0.4, -0.2) is 119 Å². The van der Waals surface area contributed by atoms with E-state index in [-0.39, 0.29) is 35.1 Å². The summed E-state index contributed by atoms with van der Waals surface area (Å²) in [5, 5.41) is 0. The molecular formula is C40H61N7O7. The van der Waals surface area contributed by atoms with E-state index >= 15 is 0 Å². The number of aromatic nitrogens is 2. The fourth-order valence-electron chi connectivity index (χ4n) is 8.14. The van der Waals surface area contributed by atoms with Crippen molar-refractivity contribution in [2.24, 2.45) is 11.7 Å². The number of hydrogen-bond acceptors (Lipinski definition) is 12. The average Bonchev–Trinajstić information content (AvgIpc) is 3.79. The number of rotatable bonds is 8. The second kappa shape index (κ2) is 15.7. The third-order valence-corrected chi connectivity index (χ3v) is 11.0. The van der Waals surface area contributed by atoms with Gasteiger partial charge >= 0.3 is 12.2 Å². The van der Waals surface area contributed by atoms with E-state index in [1.54, 1.807) is 17.0 Å². The third-order valence-electron chi connectivity index (χ3n) is 11.0. The van der Waals surface area contributed by atoms with Gasteiger partial charge in [-0.2, -0.15) is 4.98 Å². The summed E-state index contributed by atoms with van der Waals surface area (Å²) in [4.78, 5) is 58.9. The smallest absolute Gasteiger partial charge is 0.410 e. The Bertz CT molecular complexity index is 1610. The van der Waals surface area contributed by atoms with Crippen LogP contribution >= 0.6 is 0 Å². The van der Waals surface area contributed by atoms with Crippen LogP contribution in [0.25, 0.3) is 0 Å². The van der Waals surface area contributed by atoms with Crippen LogP contribution in [0.4, 0.5) is 21.4 Å². The van der Waals surface area contributed by atoms with E-state index in [0.29, 0.717) is 101 Å². The number of ether oxygens (including phenoxy) is 4. The van der Waals surface area contributed by atoms with E-state index in [1.807, 2.05) is 51.3 Å². The van der Waals surface area contributed by atoms with Gasteiger partial charge in [0.2, 0.25) is 11.7 Å². The Balaban J connectivity index is 1.34. The van der Waals surface area contributed by atoms with E-state index in [4.69, 9.17) is 34.6 Å². The van der Waals surface area contributed by atoms with Crippen LogP contribution < -0.4 is 15.5 Å². The molecule has 54 heavy (non-hydrogen) atoms. The summed E-state index contributed by atoms with van der Waals surface area (Å²) in [6, 6.07) is 1.77. The molecule has 2 aliphatic carbocycles. The SMILES string of the molecule is C=CCC/C(C(=O)c1cc(N2CCN(C(=O)OC(C)(C)C)C3(CC3)C2)nc(N2CCCN(C(=O)OC(C)(C)C)CC2)n1)=C(/N)[C@H]1CCCCC12OCCO2. The zero-order valence-corrected chi connectivity index (χ0v) is 33.3. The molecule has 298 valence electrons. The Morgan fingerprint density at radius 3 is 2.24 bits per heavy atom. The molecular weight excluding hydrogens is 690 g/mol. The minimum atomic E-state index is -0.817. The maximum atomic E-state index is 14.8. The monoisotopic (exact) mass is 751 g/mol. The van der Waals surface area contributed by atoms with E-state index in [2.05, 4.69) is 11.5 Å². The molecule has 1 aromatic rings. The van der Waals surface area contributed by atoms with Crippen molar-refractivity contribution in [2.45, 2.75) is 122 Å². The van der Waals surface area contributed by atoms with E-state index in [0.717, 1.165) is 38.5 Å². The predicted octanol–water partition coefficient (Wildman–Crippen LogP) is 5.81. The minimum Gasteiger partial charge on any atom is -0.444 e. The zero-order valence-electron chi connectivity index (χ0n) is 33.3. The summed E-state index contributed by atoms with van der Waals surface area (Å²) < 4.78 is 23.9. The Morgan fingerprint density at radius 2 is 1.57 bits per heavy atom. The highest BCUT2D eigenvalue weighted by molar-refractivity contribution is 6.08. The number of anilines is 2. The Labute approximate surface area is 320 Å². The van der Waals surface area contributed by atoms with Crippen molar-refractivity contribution in [3.8, 4) is 0 Å². The minimum absolute atomic E-state index is 0.251. The van der Waals surface area contributed by atoms with E-state index < -0.39 is 17.0 Å². The molecule has 5 aliphatic rings. The maximum Gasteiger partial charge on any atom is 0.410 e. The van der Waals surface area contributed by atoms with Gasteiger partial charge in [0.25, 0.3) is 0 Å². The van der Waals surface area contributed by atoms with Gasteiger partial charge in [0.1, 0.15) is 22.7 Å². The van der Waals surface area contributed by atoms with Crippen molar-refractivity contribution >= 4 is 29.7 Å². The molecule has 2 spiro atoms. The quantitative estimate of drug-likeness (QED) is 0.194. The highest BCUT2D eigenvalue weighted by atomic mass is 16.7. The van der Waals surface area contributed by atoms with Gasteiger partial charge in [-0.1, -0.05) is 12.5 Å². The number of nitrogens with zero attached hydrogens (tertiary/aromatic N) is 6. The zero-order chi connectivity index (χ0) is 38.9. The topological polar surface area (TPSA) is 153 Å². The Hall–Kier alpha value is -3.91. The van der Waals surface area contributed by atoms with Gasteiger partial charge in [0.15, 0.2) is 5.79 Å². The van der Waals surface area contributed by atoms with Crippen molar-refractivity contribution in [1.29, 1.82) is 0 Å². The van der Waals surface area contributed by atoms with Crippen LogP contribution in [-0.2, 0) is 18.9 Å². The van der Waals surface area contributed by atoms with Gasteiger partial charge in [-0.05, 0) is 86.5 Å². The first-order valence-corrected chi connectivity index (χ1v) is 19.8. The molecule has 0 unspecified atom stereocenters. The highest BCUT2D eigenvalue weighted by Crippen LogP contribution is 2.46. The molecule has 14 nitrogen and oxygen atoms in total. The maximum absolute atomic E-state index is 14.8. The number of piperazine rings is 1. The molecule has 3 saturated heterocycles. The fourth-order valence-corrected chi connectivity index (χ4v) is 8.14. The molecule has 2 amide bonds. The molecule has 1 aromatic heterocycles. The number of amides is 2. The average molecular weight is 752 g/mol. The first-order chi connectivity index (χ1) is 25.5. The third kappa shape index (κ3) is 8.96. The number of Topliss-reactive ketones (excluding diaryl/α,β-unsaturated/α-hetero) is 1. The molecule has 3 aliphatic heterocycles. The second-order valence-electron chi connectivity index (χ2n) is 17.4. The molecule has 1 atom stereocenters. The standard InChI is InChI=1S/C40H61N7O7/c1-8-9-13-28(32(41)29-14-10-11-15-40(29)51-24-25-52-40)33(48)30-26-31(46-22-23-47(39(27-46)16-17-39)36(50)54-38(5,6)7)43-34(42-30)44-18-12-19-45(21-20-44)35(49)53-37(2,3)4/h8,26,29H,1,9-25,27,41H2,2-7H3/b32-28-/t29-/m1/s1. The highest BCUT2D eigenvalue weighted by Gasteiger charge is 2.55. The van der Waals surface area contributed by atoms with Gasteiger partial charge in [-0.3, -0.25) is 9.69 Å². The molecule has 0 bridgehead atoms. The summed E-state index contributed by atoms with van der Waals surface area (Å²) in [7, 11) is 0. The van der Waals surface area contributed by atoms with Crippen LogP contribution in [0.2, 0.25) is 0 Å². The number of nitrogens with two attached hydrogens (primary N) is 1. The van der Waals surface area contributed by atoms with Crippen LogP contribution in [0.15, 0.2) is 30.0 Å². The first-order valence-electron chi connectivity index (χ1n) is 19.8. The largest absolute Gasteiger partial charge is 0.444 e. The molecule has 6 rings (SSSR count). The van der Waals surface area contributed by atoms with Gasteiger partial charge in [-0.15, -0.1) is 6.58 Å². The fraction of sp³-hybridized carbons (Fsp3) is 0.725. The van der Waals surface area contributed by atoms with Gasteiger partial charge in [0.05, 0.1) is 24.7 Å². The second-order valence-corrected chi connectivity index (χ2v) is 17.4. The number of carbonyl (C=O) groups excluding carboxylic acids is 3. The lowest BCUT2D eigenvalue weighted by molar-refractivity contribution is -0.203. The van der Waals surface area contributed by atoms with Crippen molar-refractivity contribution in [3.63, 3.8) is 0 Å². The number of ketones is 1. The van der Waals surface area contributed by atoms with Gasteiger partial charge < -0.3 is 39.4 Å². The van der Waals surface area contributed by atoms with Crippen LogP contribution in [0.3, 0.4) is 0 Å².